The first-order chi connectivity index (χ1) is 28.0. The number of rotatable bonds is 4. The molecule has 0 saturated carbocycles. The van der Waals surface area contributed by atoms with E-state index in [1.165, 1.54) is 36.4 Å². The minimum atomic E-state index is -5.13. The highest BCUT2D eigenvalue weighted by atomic mass is 19.4. The van der Waals surface area contributed by atoms with Crippen LogP contribution in [-0.2, 0) is 35.5 Å². The van der Waals surface area contributed by atoms with E-state index >= 15 is 0 Å². The maximum absolute atomic E-state index is 14.0. The van der Waals surface area contributed by atoms with Crippen molar-refractivity contribution in [1.82, 2.24) is 4.57 Å². The third-order valence-corrected chi connectivity index (χ3v) is 10.7. The molecule has 0 aliphatic carbocycles. The lowest BCUT2D eigenvalue weighted by Crippen LogP contribution is -2.16. The monoisotopic (exact) mass is 855 g/mol. The van der Waals surface area contributed by atoms with E-state index in [4.69, 9.17) is 0 Å². The number of fused-ring (bicyclic) bond motifs is 3. The van der Waals surface area contributed by atoms with Gasteiger partial charge in [-0.1, -0.05) is 90.1 Å². The van der Waals surface area contributed by atoms with Gasteiger partial charge in [-0.15, -0.1) is 0 Å². The molecule has 0 atom stereocenters. The first-order valence-corrected chi connectivity index (χ1v) is 18.9. The normalized spacial score (nSPS) is 13.4. The molecule has 13 heteroatoms. The van der Waals surface area contributed by atoms with Gasteiger partial charge in [0.25, 0.3) is 0 Å². The number of halogens is 12. The third-order valence-electron chi connectivity index (χ3n) is 10.7. The molecular formula is C48H37F12N. The van der Waals surface area contributed by atoms with E-state index < -0.39 is 58.1 Å². The lowest BCUT2D eigenvalue weighted by atomic mass is 9.79. The fourth-order valence-corrected chi connectivity index (χ4v) is 7.45. The van der Waals surface area contributed by atoms with Crippen LogP contribution in [0, 0.1) is 0 Å². The van der Waals surface area contributed by atoms with E-state index in [0.717, 1.165) is 22.3 Å². The first kappa shape index (κ1) is 43.4. The summed E-state index contributed by atoms with van der Waals surface area (Å²) in [6.07, 6.45) is -20.5. The molecule has 7 aromatic rings. The van der Waals surface area contributed by atoms with E-state index in [2.05, 4.69) is 59.7 Å². The number of hydrogen-bond acceptors (Lipinski definition) is 0. The molecule has 0 aliphatic heterocycles. The van der Waals surface area contributed by atoms with Crippen LogP contribution in [0.25, 0.3) is 60.9 Å². The molecule has 0 spiro atoms. The van der Waals surface area contributed by atoms with Crippen LogP contribution in [-0.4, -0.2) is 4.57 Å². The van der Waals surface area contributed by atoms with Crippen molar-refractivity contribution in [2.24, 2.45) is 0 Å². The summed E-state index contributed by atoms with van der Waals surface area (Å²) in [5.41, 5.74) is -2.51. The van der Waals surface area contributed by atoms with Gasteiger partial charge < -0.3 is 4.57 Å². The van der Waals surface area contributed by atoms with Gasteiger partial charge in [-0.2, -0.15) is 52.7 Å². The van der Waals surface area contributed by atoms with E-state index in [1.807, 2.05) is 22.8 Å². The van der Waals surface area contributed by atoms with E-state index in [1.54, 1.807) is 6.07 Å². The predicted molar refractivity (Wildman–Crippen MR) is 214 cm³/mol. The van der Waals surface area contributed by atoms with Crippen molar-refractivity contribution in [3.05, 3.63) is 149 Å². The summed E-state index contributed by atoms with van der Waals surface area (Å²) < 4.78 is 169. The van der Waals surface area contributed by atoms with E-state index in [0.29, 0.717) is 41.0 Å². The summed E-state index contributed by atoms with van der Waals surface area (Å²) in [5.74, 6) is 0. The lowest BCUT2D eigenvalue weighted by Gasteiger charge is -2.27. The van der Waals surface area contributed by atoms with Gasteiger partial charge >= 0.3 is 24.7 Å². The highest BCUT2D eigenvalue weighted by Crippen LogP contribution is 2.45. The van der Waals surface area contributed by atoms with Crippen molar-refractivity contribution in [2.45, 2.75) is 77.1 Å². The van der Waals surface area contributed by atoms with Gasteiger partial charge in [0.1, 0.15) is 0 Å². The maximum Gasteiger partial charge on any atom is 0.416 e. The van der Waals surface area contributed by atoms with Crippen molar-refractivity contribution in [1.29, 1.82) is 0 Å². The molecule has 0 unspecified atom stereocenters. The predicted octanol–water partition coefficient (Wildman–Crippen LogP) is 16.5. The Morgan fingerprint density at radius 3 is 1.00 bits per heavy atom. The molecule has 6 aromatic carbocycles. The van der Waals surface area contributed by atoms with Crippen molar-refractivity contribution in [3.63, 3.8) is 0 Å². The highest BCUT2D eigenvalue weighted by molar-refractivity contribution is 6.12. The average Bonchev–Trinajstić information content (AvgIpc) is 3.48. The molecule has 7 rings (SSSR count). The zero-order valence-corrected chi connectivity index (χ0v) is 33.5. The molecule has 0 N–H and O–H groups in total. The molecule has 1 heterocycles. The van der Waals surface area contributed by atoms with Gasteiger partial charge in [-0.05, 0) is 117 Å². The largest absolute Gasteiger partial charge is 0.416 e. The molecule has 61 heavy (non-hydrogen) atoms. The van der Waals surface area contributed by atoms with Gasteiger partial charge in [0.15, 0.2) is 0 Å². The Bertz CT molecular complexity index is 2590. The number of alkyl halides is 12. The Morgan fingerprint density at radius 2 is 0.656 bits per heavy atom. The first-order valence-electron chi connectivity index (χ1n) is 18.9. The molecule has 0 saturated heterocycles. The third kappa shape index (κ3) is 8.61. The standard InChI is InChI=1S/C48H37F12N/c1-43(2,3)31-19-30(20-32(23-31)44(4,5)6)37-9-7-8-10-40(37)61-41-13-11-26(28-15-33(45(49,50)51)24-34(16-28)46(52,53)54)21-38(41)39-22-27(12-14-42(39)61)29-17-35(47(55,56)57)25-36(18-29)48(58,59)60/h7-25H,1-6H3. The number of benzene rings is 6. The van der Waals surface area contributed by atoms with Gasteiger partial charge in [0.2, 0.25) is 0 Å². The fraction of sp³-hybridized carbons (Fsp3) is 0.250. The van der Waals surface area contributed by atoms with Crippen molar-refractivity contribution in [3.8, 4) is 39.1 Å². The fourth-order valence-electron chi connectivity index (χ4n) is 7.45. The molecule has 0 amide bonds. The molecular weight excluding hydrogens is 819 g/mol. The van der Waals surface area contributed by atoms with Crippen molar-refractivity contribution in [2.75, 3.05) is 0 Å². The lowest BCUT2D eigenvalue weighted by molar-refractivity contribution is -0.144. The van der Waals surface area contributed by atoms with Crippen LogP contribution >= 0.6 is 0 Å². The smallest absolute Gasteiger partial charge is 0.309 e. The van der Waals surface area contributed by atoms with Crippen LogP contribution in [0.1, 0.15) is 74.9 Å². The number of nitrogens with zero attached hydrogens (tertiary/aromatic N) is 1. The quantitative estimate of drug-likeness (QED) is 0.155. The minimum Gasteiger partial charge on any atom is -0.309 e. The van der Waals surface area contributed by atoms with E-state index in [9.17, 15) is 52.7 Å². The molecule has 0 bridgehead atoms. The number of aromatic nitrogens is 1. The van der Waals surface area contributed by atoms with Crippen LogP contribution < -0.4 is 0 Å². The second-order valence-corrected chi connectivity index (χ2v) is 17.2. The highest BCUT2D eigenvalue weighted by Gasteiger charge is 2.38. The van der Waals surface area contributed by atoms with Gasteiger partial charge in [0, 0.05) is 16.3 Å². The van der Waals surface area contributed by atoms with Gasteiger partial charge in [-0.25, -0.2) is 0 Å². The summed E-state index contributed by atoms with van der Waals surface area (Å²) in [5, 5.41) is 0.522. The molecule has 318 valence electrons. The molecule has 0 aliphatic rings. The second-order valence-electron chi connectivity index (χ2n) is 17.2. The second kappa shape index (κ2) is 14.4. The molecule has 1 aromatic heterocycles. The number of hydrogen-bond donors (Lipinski definition) is 0. The summed E-state index contributed by atoms with van der Waals surface area (Å²) in [7, 11) is 0. The van der Waals surface area contributed by atoms with Crippen LogP contribution in [0.4, 0.5) is 52.7 Å². The average molecular weight is 856 g/mol. The van der Waals surface area contributed by atoms with Crippen LogP contribution in [0.3, 0.4) is 0 Å². The zero-order valence-electron chi connectivity index (χ0n) is 33.5. The Labute approximate surface area is 343 Å². The summed E-state index contributed by atoms with van der Waals surface area (Å²) in [6.45, 7) is 12.5. The molecule has 0 radical (unpaired) electrons. The summed E-state index contributed by atoms with van der Waals surface area (Å²) in [4.78, 5) is 0. The van der Waals surface area contributed by atoms with Gasteiger partial charge in [-0.3, -0.25) is 0 Å². The number of para-hydroxylation sites is 1. The maximum atomic E-state index is 14.0. The SMILES string of the molecule is CC(C)(C)c1cc(-c2ccccc2-n2c3ccc(-c4cc(C(F)(F)F)cc(C(F)(F)F)c4)cc3c3cc(-c4cc(C(F)(F)F)cc(C(F)(F)F)c4)ccc32)cc(C(C)(C)C)c1. The Balaban J connectivity index is 1.56. The summed E-state index contributed by atoms with van der Waals surface area (Å²) in [6, 6.07) is 24.5. The van der Waals surface area contributed by atoms with Gasteiger partial charge in [0.05, 0.1) is 39.0 Å². The van der Waals surface area contributed by atoms with Crippen molar-refractivity contribution >= 4 is 21.8 Å². The van der Waals surface area contributed by atoms with Crippen LogP contribution in [0.15, 0.2) is 115 Å². The Morgan fingerprint density at radius 1 is 0.328 bits per heavy atom. The van der Waals surface area contributed by atoms with Crippen LogP contribution in [0.2, 0.25) is 0 Å². The zero-order chi connectivity index (χ0) is 44.8. The molecule has 0 fully saturated rings. The Hall–Kier alpha value is -5.72. The van der Waals surface area contributed by atoms with Crippen molar-refractivity contribution < 1.29 is 52.7 Å². The topological polar surface area (TPSA) is 4.93 Å². The minimum absolute atomic E-state index is 0.0150. The van der Waals surface area contributed by atoms with E-state index in [-0.39, 0.29) is 44.9 Å². The summed E-state index contributed by atoms with van der Waals surface area (Å²) >= 11 is 0. The molecule has 1 nitrogen and oxygen atoms in total. The Kier molecular flexibility index (Phi) is 10.3. The van der Waals surface area contributed by atoms with Crippen LogP contribution in [0.5, 0.6) is 0 Å².